The molecule has 1 aliphatic carbocycles. The van der Waals surface area contributed by atoms with Crippen molar-refractivity contribution < 1.29 is 28.3 Å². The minimum absolute atomic E-state index is 0.0947. The normalized spacial score (nSPS) is 13.0. The maximum Gasteiger partial charge on any atom is 0.407 e. The van der Waals surface area contributed by atoms with Crippen LogP contribution in [0.3, 0.4) is 0 Å². The fourth-order valence-corrected chi connectivity index (χ4v) is 5.49. The molecule has 4 aromatic rings. The lowest BCUT2D eigenvalue weighted by Crippen LogP contribution is -2.44. The van der Waals surface area contributed by atoms with Crippen molar-refractivity contribution in [3.05, 3.63) is 99.9 Å². The molecule has 0 radical (unpaired) electrons. The molecular formula is C35H37N3O7. The molecule has 1 heterocycles. The molecule has 0 bridgehead atoms. The first-order valence-corrected chi connectivity index (χ1v) is 14.9. The Morgan fingerprint density at radius 2 is 1.58 bits per heavy atom. The fourth-order valence-electron chi connectivity index (χ4n) is 5.49. The van der Waals surface area contributed by atoms with E-state index in [4.69, 9.17) is 13.9 Å². The molecule has 10 heteroatoms. The van der Waals surface area contributed by atoms with Crippen LogP contribution in [-0.2, 0) is 14.3 Å². The topological polar surface area (TPSA) is 136 Å². The van der Waals surface area contributed by atoms with E-state index in [0.717, 1.165) is 33.2 Å². The first-order valence-electron chi connectivity index (χ1n) is 14.9. The van der Waals surface area contributed by atoms with E-state index in [9.17, 15) is 19.2 Å². The monoisotopic (exact) mass is 611 g/mol. The Morgan fingerprint density at radius 3 is 2.24 bits per heavy atom. The molecule has 1 atom stereocenters. The number of hydrogen-bond acceptors (Lipinski definition) is 7. The van der Waals surface area contributed by atoms with Crippen molar-refractivity contribution in [2.24, 2.45) is 0 Å². The first kappa shape index (κ1) is 31.3. The number of ether oxygens (including phenoxy) is 2. The van der Waals surface area contributed by atoms with Crippen LogP contribution < -0.4 is 21.6 Å². The number of rotatable bonds is 9. The second-order valence-electron chi connectivity index (χ2n) is 12.0. The van der Waals surface area contributed by atoms with Crippen molar-refractivity contribution >= 4 is 34.8 Å². The molecule has 0 unspecified atom stereocenters. The second kappa shape index (κ2) is 13.3. The molecule has 1 aliphatic rings. The lowest BCUT2D eigenvalue weighted by atomic mass is 9.98. The van der Waals surface area contributed by atoms with Crippen molar-refractivity contribution in [2.45, 2.75) is 58.1 Å². The minimum Gasteiger partial charge on any atom is -0.449 e. The highest BCUT2D eigenvalue weighted by molar-refractivity contribution is 5.98. The third-order valence-corrected chi connectivity index (χ3v) is 7.51. The van der Waals surface area contributed by atoms with E-state index in [1.54, 1.807) is 45.9 Å². The highest BCUT2D eigenvalue weighted by Crippen LogP contribution is 2.44. The van der Waals surface area contributed by atoms with Crippen molar-refractivity contribution in [2.75, 3.05) is 18.5 Å². The highest BCUT2D eigenvalue weighted by atomic mass is 16.6. The van der Waals surface area contributed by atoms with Gasteiger partial charge in [-0.2, -0.15) is 0 Å². The summed E-state index contributed by atoms with van der Waals surface area (Å²) in [5, 5.41) is 8.91. The Bertz CT molecular complexity index is 1740. The maximum atomic E-state index is 13.4. The predicted octanol–water partition coefficient (Wildman–Crippen LogP) is 6.25. The minimum atomic E-state index is -0.985. The summed E-state index contributed by atoms with van der Waals surface area (Å²) >= 11 is 0. The van der Waals surface area contributed by atoms with E-state index in [-0.39, 0.29) is 25.5 Å². The number of alkyl carbamates (subject to hydrolysis) is 2. The fraction of sp³-hybridized carbons (Fsp3) is 0.314. The number of hydrogen-bond donors (Lipinski definition) is 3. The number of carbonyl (C=O) groups is 3. The van der Waals surface area contributed by atoms with Crippen LogP contribution in [0.4, 0.5) is 15.3 Å². The van der Waals surface area contributed by atoms with Gasteiger partial charge in [0.2, 0.25) is 5.91 Å². The molecule has 10 nitrogen and oxygen atoms in total. The van der Waals surface area contributed by atoms with Gasteiger partial charge >= 0.3 is 17.8 Å². The third kappa shape index (κ3) is 7.70. The molecule has 234 valence electrons. The zero-order valence-electron chi connectivity index (χ0n) is 25.8. The van der Waals surface area contributed by atoms with Crippen LogP contribution >= 0.6 is 0 Å². The summed E-state index contributed by atoms with van der Waals surface area (Å²) in [6.45, 7) is 7.43. The Morgan fingerprint density at radius 1 is 0.911 bits per heavy atom. The lowest BCUT2D eigenvalue weighted by Gasteiger charge is -2.21. The summed E-state index contributed by atoms with van der Waals surface area (Å²) in [6.07, 6.45) is -0.737. The number of benzene rings is 3. The molecule has 0 saturated heterocycles. The van der Waals surface area contributed by atoms with Crippen molar-refractivity contribution in [1.82, 2.24) is 10.6 Å². The SMILES string of the molecule is Cc1cc(=O)oc2cc(NC(=O)[C@H](CCCNC(=O)OC(C)(C)C)NC(=O)OCC3c4ccccc4-c4ccccc43)ccc12. The average Bonchev–Trinajstić information content (AvgIpc) is 3.30. The van der Waals surface area contributed by atoms with Gasteiger partial charge in [-0.3, -0.25) is 4.79 Å². The highest BCUT2D eigenvalue weighted by Gasteiger charge is 2.30. The number of fused-ring (bicyclic) bond motifs is 4. The molecule has 1 aromatic heterocycles. The van der Waals surface area contributed by atoms with E-state index in [1.165, 1.54) is 6.07 Å². The van der Waals surface area contributed by atoms with Crippen LogP contribution in [-0.4, -0.2) is 42.9 Å². The number of carbonyl (C=O) groups excluding carboxylic acids is 3. The van der Waals surface area contributed by atoms with Crippen LogP contribution in [0.1, 0.15) is 56.2 Å². The van der Waals surface area contributed by atoms with E-state index in [2.05, 4.69) is 28.1 Å². The van der Waals surface area contributed by atoms with Crippen LogP contribution in [0.15, 0.2) is 82.0 Å². The van der Waals surface area contributed by atoms with E-state index < -0.39 is 35.4 Å². The van der Waals surface area contributed by atoms with Gasteiger partial charge in [-0.05, 0) is 80.5 Å². The molecule has 3 amide bonds. The molecule has 45 heavy (non-hydrogen) atoms. The van der Waals surface area contributed by atoms with Gasteiger partial charge in [-0.25, -0.2) is 14.4 Å². The van der Waals surface area contributed by atoms with Crippen molar-refractivity contribution in [3.8, 4) is 11.1 Å². The van der Waals surface area contributed by atoms with E-state index >= 15 is 0 Å². The van der Waals surface area contributed by atoms with Gasteiger partial charge in [0.25, 0.3) is 0 Å². The lowest BCUT2D eigenvalue weighted by molar-refractivity contribution is -0.118. The summed E-state index contributed by atoms with van der Waals surface area (Å²) in [5.74, 6) is -0.626. The molecular weight excluding hydrogens is 574 g/mol. The summed E-state index contributed by atoms with van der Waals surface area (Å²) < 4.78 is 16.3. The third-order valence-electron chi connectivity index (χ3n) is 7.51. The molecule has 5 rings (SSSR count). The second-order valence-corrected chi connectivity index (χ2v) is 12.0. The molecule has 0 fully saturated rings. The van der Waals surface area contributed by atoms with Crippen LogP contribution in [0, 0.1) is 6.92 Å². The number of anilines is 1. The molecule has 3 aromatic carbocycles. The first-order chi connectivity index (χ1) is 21.5. The smallest absolute Gasteiger partial charge is 0.407 e. The van der Waals surface area contributed by atoms with Crippen molar-refractivity contribution in [1.29, 1.82) is 0 Å². The van der Waals surface area contributed by atoms with Crippen LogP contribution in [0.5, 0.6) is 0 Å². The standard InChI is InChI=1S/C35H37N3O7/c1-21-18-31(39)44-30-19-22(15-16-23(21)30)37-32(40)29(14-9-17-36-33(41)45-35(2,3)4)38-34(42)43-20-28-26-12-7-5-10-24(26)25-11-6-8-13-27(25)28/h5-8,10-13,15-16,18-19,28-29H,9,14,17,20H2,1-4H3,(H,36,41)(H,37,40)(H,38,42)/t29-/m0/s1. The van der Waals surface area contributed by atoms with E-state index in [0.29, 0.717) is 17.7 Å². The number of aryl methyl sites for hydroxylation is 1. The summed E-state index contributed by atoms with van der Waals surface area (Å²) in [4.78, 5) is 50.5. The zero-order chi connectivity index (χ0) is 32.1. The van der Waals surface area contributed by atoms with E-state index in [1.807, 2.05) is 36.4 Å². The van der Waals surface area contributed by atoms with Gasteiger partial charge < -0.3 is 29.8 Å². The molecule has 0 saturated carbocycles. The molecule has 3 N–H and O–H groups in total. The number of nitrogens with one attached hydrogen (secondary N) is 3. The average molecular weight is 612 g/mol. The van der Waals surface area contributed by atoms with Crippen molar-refractivity contribution in [3.63, 3.8) is 0 Å². The van der Waals surface area contributed by atoms with Gasteiger partial charge in [0.1, 0.15) is 23.8 Å². The Balaban J connectivity index is 1.26. The predicted molar refractivity (Wildman–Crippen MR) is 171 cm³/mol. The van der Waals surface area contributed by atoms with Gasteiger partial charge in [0, 0.05) is 35.7 Å². The Labute approximate surface area is 261 Å². The Hall–Kier alpha value is -5.12. The maximum absolute atomic E-state index is 13.4. The summed E-state index contributed by atoms with van der Waals surface area (Å²) in [7, 11) is 0. The quantitative estimate of drug-likeness (QED) is 0.150. The Kier molecular flexibility index (Phi) is 9.22. The van der Waals surface area contributed by atoms with Crippen LogP contribution in [0.25, 0.3) is 22.1 Å². The number of amides is 3. The zero-order valence-corrected chi connectivity index (χ0v) is 25.8. The van der Waals surface area contributed by atoms with Gasteiger partial charge in [0.05, 0.1) is 0 Å². The molecule has 0 aliphatic heterocycles. The van der Waals surface area contributed by atoms with Gasteiger partial charge in [-0.15, -0.1) is 0 Å². The molecule has 0 spiro atoms. The summed E-state index contributed by atoms with van der Waals surface area (Å²) in [6, 6.07) is 21.5. The van der Waals surface area contributed by atoms with Gasteiger partial charge in [0.15, 0.2) is 0 Å². The largest absolute Gasteiger partial charge is 0.449 e. The van der Waals surface area contributed by atoms with Gasteiger partial charge in [-0.1, -0.05) is 48.5 Å². The summed E-state index contributed by atoms with van der Waals surface area (Å²) in [5.41, 5.74) is 4.72. The van der Waals surface area contributed by atoms with Crippen LogP contribution in [0.2, 0.25) is 0 Å².